The van der Waals surface area contributed by atoms with Gasteiger partial charge in [-0.15, -0.1) is 0 Å². The van der Waals surface area contributed by atoms with Gasteiger partial charge in [0.25, 0.3) is 5.91 Å². The van der Waals surface area contributed by atoms with Crippen molar-refractivity contribution >= 4 is 5.91 Å². The molecule has 14 heavy (non-hydrogen) atoms. The smallest absolute Gasteiger partial charge is 0.268 e. The average Bonchev–Trinajstić information content (AvgIpc) is 2.98. The Balaban J connectivity index is 0.000000980. The van der Waals surface area contributed by atoms with Crippen molar-refractivity contribution in [2.45, 2.75) is 12.3 Å². The summed E-state index contributed by atoms with van der Waals surface area (Å²) < 4.78 is 0. The average molecular weight is 213 g/mol. The van der Waals surface area contributed by atoms with Crippen molar-refractivity contribution in [3.8, 4) is 0 Å². The summed E-state index contributed by atoms with van der Waals surface area (Å²) in [5.74, 6) is 4.01. The molecule has 1 aromatic carbocycles. The number of quaternary nitrogens is 1. The lowest BCUT2D eigenvalue weighted by molar-refractivity contribution is -0.427. The molecule has 0 saturated heterocycles. The van der Waals surface area contributed by atoms with Gasteiger partial charge in [-0.25, -0.2) is 5.43 Å². The van der Waals surface area contributed by atoms with Crippen molar-refractivity contribution < 1.29 is 23.0 Å². The van der Waals surface area contributed by atoms with Gasteiger partial charge in [0.1, 0.15) is 0 Å². The zero-order valence-electron chi connectivity index (χ0n) is 7.74. The van der Waals surface area contributed by atoms with E-state index in [1.807, 2.05) is 18.2 Å². The summed E-state index contributed by atoms with van der Waals surface area (Å²) in [6.07, 6.45) is 0.964. The molecule has 1 aliphatic carbocycles. The maximum Gasteiger partial charge on any atom is 0.268 e. The Labute approximate surface area is 89.1 Å². The summed E-state index contributed by atoms with van der Waals surface area (Å²) in [6, 6.07) is 10.1. The van der Waals surface area contributed by atoms with Gasteiger partial charge in [-0.1, -0.05) is 30.3 Å². The van der Waals surface area contributed by atoms with Crippen LogP contribution in [0, 0.1) is 5.92 Å². The van der Waals surface area contributed by atoms with E-state index in [9.17, 15) is 4.79 Å². The first-order valence-corrected chi connectivity index (χ1v) is 4.45. The van der Waals surface area contributed by atoms with Crippen molar-refractivity contribution in [3.63, 3.8) is 0 Å². The fourth-order valence-corrected chi connectivity index (χ4v) is 1.68. The third-order valence-corrected chi connectivity index (χ3v) is 2.53. The van der Waals surface area contributed by atoms with Crippen LogP contribution in [0.3, 0.4) is 0 Å². The van der Waals surface area contributed by atoms with E-state index < -0.39 is 0 Å². The number of hydrogen-bond donors (Lipinski definition) is 2. The first-order valence-electron chi connectivity index (χ1n) is 4.45. The second kappa shape index (κ2) is 4.44. The van der Waals surface area contributed by atoms with E-state index in [4.69, 9.17) is 0 Å². The molecule has 1 amide bonds. The highest BCUT2D eigenvalue weighted by Crippen LogP contribution is 2.47. The first-order chi connectivity index (χ1) is 6.33. The van der Waals surface area contributed by atoms with Crippen LogP contribution in [0.1, 0.15) is 17.9 Å². The minimum Gasteiger partial charge on any atom is -1.00 e. The van der Waals surface area contributed by atoms with Gasteiger partial charge < -0.3 is 12.4 Å². The van der Waals surface area contributed by atoms with Crippen molar-refractivity contribution in [3.05, 3.63) is 35.9 Å². The topological polar surface area (TPSA) is 56.7 Å². The molecule has 0 spiro atoms. The molecule has 3 nitrogen and oxygen atoms in total. The van der Waals surface area contributed by atoms with Crippen LogP contribution in [-0.2, 0) is 4.79 Å². The van der Waals surface area contributed by atoms with Gasteiger partial charge in [0.05, 0.1) is 5.92 Å². The lowest BCUT2D eigenvalue weighted by Crippen LogP contribution is -3.00. The lowest BCUT2D eigenvalue weighted by atomic mass is 10.1. The van der Waals surface area contributed by atoms with Gasteiger partial charge in [0.15, 0.2) is 0 Å². The highest BCUT2D eigenvalue weighted by Gasteiger charge is 2.44. The Morgan fingerprint density at radius 2 is 2.00 bits per heavy atom. The number of carbonyl (C=O) groups is 1. The van der Waals surface area contributed by atoms with E-state index in [0.29, 0.717) is 5.92 Å². The number of amides is 1. The zero-order chi connectivity index (χ0) is 9.26. The maximum absolute atomic E-state index is 11.2. The Hall–Kier alpha value is -1.06. The van der Waals surface area contributed by atoms with Gasteiger partial charge in [-0.3, -0.25) is 10.6 Å². The van der Waals surface area contributed by atoms with Crippen LogP contribution in [0.2, 0.25) is 0 Å². The minimum atomic E-state index is 0. The lowest BCUT2D eigenvalue weighted by Gasteiger charge is -1.97. The second-order valence-corrected chi connectivity index (χ2v) is 3.40. The molecule has 1 aliphatic rings. The molecule has 0 bridgehead atoms. The Kier molecular flexibility index (Phi) is 3.49. The van der Waals surface area contributed by atoms with E-state index in [0.717, 1.165) is 6.42 Å². The van der Waals surface area contributed by atoms with Crippen molar-refractivity contribution in [1.82, 2.24) is 5.43 Å². The van der Waals surface area contributed by atoms with Crippen LogP contribution < -0.4 is 23.7 Å². The molecule has 2 atom stereocenters. The molecule has 2 unspecified atom stereocenters. The van der Waals surface area contributed by atoms with Gasteiger partial charge >= 0.3 is 0 Å². The summed E-state index contributed by atoms with van der Waals surface area (Å²) in [5, 5.41) is 0. The summed E-state index contributed by atoms with van der Waals surface area (Å²) in [4.78, 5) is 11.2. The molecule has 1 aromatic rings. The van der Waals surface area contributed by atoms with E-state index in [1.165, 1.54) is 5.56 Å². The molecule has 0 aliphatic heterocycles. The molecule has 0 heterocycles. The van der Waals surface area contributed by atoms with Crippen LogP contribution in [0.25, 0.3) is 0 Å². The third kappa shape index (κ3) is 2.05. The van der Waals surface area contributed by atoms with Gasteiger partial charge in [0, 0.05) is 0 Å². The van der Waals surface area contributed by atoms with Gasteiger partial charge in [-0.2, -0.15) is 0 Å². The summed E-state index contributed by atoms with van der Waals surface area (Å²) in [7, 11) is 0. The Morgan fingerprint density at radius 1 is 1.36 bits per heavy atom. The molecule has 0 radical (unpaired) electrons. The van der Waals surface area contributed by atoms with Crippen LogP contribution in [0.5, 0.6) is 0 Å². The fraction of sp³-hybridized carbons (Fsp3) is 0.300. The normalized spacial score (nSPS) is 23.5. The van der Waals surface area contributed by atoms with E-state index in [-0.39, 0.29) is 24.2 Å². The molecular weight excluding hydrogens is 200 g/mol. The SMILES string of the molecule is [Cl-].[NH3+]NC(=O)C1CC1c1ccccc1. The molecule has 4 N–H and O–H groups in total. The maximum atomic E-state index is 11.2. The number of nitrogens with one attached hydrogen (secondary N) is 1. The second-order valence-electron chi connectivity index (χ2n) is 3.40. The highest BCUT2D eigenvalue weighted by molar-refractivity contribution is 5.81. The molecule has 1 fully saturated rings. The Morgan fingerprint density at radius 3 is 2.57 bits per heavy atom. The van der Waals surface area contributed by atoms with Gasteiger partial charge in [0.2, 0.25) is 0 Å². The summed E-state index contributed by atoms with van der Waals surface area (Å²) in [6.45, 7) is 0. The Bertz CT molecular complexity index is 315. The fourth-order valence-electron chi connectivity index (χ4n) is 1.68. The molecule has 2 rings (SSSR count). The van der Waals surface area contributed by atoms with E-state index >= 15 is 0 Å². The largest absolute Gasteiger partial charge is 1.00 e. The highest BCUT2D eigenvalue weighted by atomic mass is 35.5. The van der Waals surface area contributed by atoms with E-state index in [1.54, 1.807) is 0 Å². The van der Waals surface area contributed by atoms with E-state index in [2.05, 4.69) is 23.4 Å². The molecule has 76 valence electrons. The number of hydrogen-bond acceptors (Lipinski definition) is 1. The quantitative estimate of drug-likeness (QED) is 0.507. The zero-order valence-corrected chi connectivity index (χ0v) is 8.50. The monoisotopic (exact) mass is 212 g/mol. The summed E-state index contributed by atoms with van der Waals surface area (Å²) in [5.41, 5.74) is 3.70. The predicted octanol–water partition coefficient (Wildman–Crippen LogP) is -2.93. The minimum absolute atomic E-state index is 0. The van der Waals surface area contributed by atoms with Gasteiger partial charge in [-0.05, 0) is 17.9 Å². The molecule has 1 saturated carbocycles. The molecule has 0 aromatic heterocycles. The van der Waals surface area contributed by atoms with Crippen molar-refractivity contribution in [1.29, 1.82) is 0 Å². The van der Waals surface area contributed by atoms with Crippen LogP contribution in [0.4, 0.5) is 0 Å². The molecular formula is C10H13ClN2O. The number of carbonyl (C=O) groups excluding carboxylic acids is 1. The predicted molar refractivity (Wildman–Crippen MR) is 48.3 cm³/mol. The van der Waals surface area contributed by atoms with Crippen LogP contribution >= 0.6 is 0 Å². The number of rotatable bonds is 2. The number of halogens is 1. The third-order valence-electron chi connectivity index (χ3n) is 2.53. The standard InChI is InChI=1S/C10H12N2O.ClH/c11-12-10(13)9-6-8(9)7-4-2-1-3-5-7;/h1-5,8-9H,6,11H2,(H,12,13);1H. The number of benzene rings is 1. The van der Waals surface area contributed by atoms with Crippen LogP contribution in [-0.4, -0.2) is 5.91 Å². The first kappa shape index (κ1) is 11.0. The summed E-state index contributed by atoms with van der Waals surface area (Å²) >= 11 is 0. The van der Waals surface area contributed by atoms with Crippen LogP contribution in [0.15, 0.2) is 30.3 Å². The molecule has 4 heteroatoms. The van der Waals surface area contributed by atoms with Crippen molar-refractivity contribution in [2.75, 3.05) is 0 Å². The van der Waals surface area contributed by atoms with Crippen molar-refractivity contribution in [2.24, 2.45) is 5.92 Å².